The first-order chi connectivity index (χ1) is 13.3. The summed E-state index contributed by atoms with van der Waals surface area (Å²) < 4.78 is 5.65. The van der Waals surface area contributed by atoms with E-state index < -0.39 is 0 Å². The number of pyridine rings is 1. The van der Waals surface area contributed by atoms with E-state index in [9.17, 15) is 4.79 Å². The summed E-state index contributed by atoms with van der Waals surface area (Å²) in [6, 6.07) is 10.0. The van der Waals surface area contributed by atoms with E-state index in [1.807, 2.05) is 18.2 Å². The van der Waals surface area contributed by atoms with Gasteiger partial charge in [0.1, 0.15) is 0 Å². The average molecular weight is 372 g/mol. The molecular formula is C24H37NO2. The second-order valence-electron chi connectivity index (χ2n) is 7.61. The molecule has 27 heavy (non-hydrogen) atoms. The van der Waals surface area contributed by atoms with Crippen molar-refractivity contribution in [1.29, 1.82) is 0 Å². The van der Waals surface area contributed by atoms with Crippen molar-refractivity contribution in [3.05, 3.63) is 46.2 Å². The molecule has 1 aromatic carbocycles. The van der Waals surface area contributed by atoms with Gasteiger partial charge >= 0.3 is 0 Å². The van der Waals surface area contributed by atoms with E-state index >= 15 is 0 Å². The summed E-state index contributed by atoms with van der Waals surface area (Å²) >= 11 is 0. The van der Waals surface area contributed by atoms with Gasteiger partial charge in [-0.05, 0) is 43.2 Å². The molecule has 1 heterocycles. The number of para-hydroxylation sites is 1. The Bertz CT molecular complexity index is 692. The molecule has 0 spiro atoms. The number of hydrogen-bond donors (Lipinski definition) is 1. The third kappa shape index (κ3) is 8.75. The number of rotatable bonds is 15. The lowest BCUT2D eigenvalue weighted by Crippen LogP contribution is -2.12. The molecule has 3 heteroatoms. The average Bonchev–Trinajstić information content (AvgIpc) is 2.68. The van der Waals surface area contributed by atoms with Crippen LogP contribution >= 0.6 is 0 Å². The number of hydrogen-bond acceptors (Lipinski definition) is 2. The lowest BCUT2D eigenvalue weighted by atomic mass is 10.0. The van der Waals surface area contributed by atoms with E-state index in [0.717, 1.165) is 42.5 Å². The molecule has 0 aliphatic carbocycles. The Balaban J connectivity index is 1.46. The van der Waals surface area contributed by atoms with Crippen molar-refractivity contribution < 1.29 is 4.74 Å². The number of nitrogens with one attached hydrogen (secondary N) is 1. The fourth-order valence-corrected chi connectivity index (χ4v) is 3.51. The van der Waals surface area contributed by atoms with Gasteiger partial charge in [0, 0.05) is 24.3 Å². The van der Waals surface area contributed by atoms with Crippen LogP contribution < -0.4 is 5.56 Å². The topological polar surface area (TPSA) is 42.1 Å². The number of unbranched alkanes of at least 4 members (excludes halogenated alkanes) is 9. The minimum Gasteiger partial charge on any atom is -0.381 e. The molecule has 0 bridgehead atoms. The summed E-state index contributed by atoms with van der Waals surface area (Å²) in [5, 5.41) is 1.13. The van der Waals surface area contributed by atoms with Crippen LogP contribution in [-0.4, -0.2) is 18.2 Å². The summed E-state index contributed by atoms with van der Waals surface area (Å²) in [4.78, 5) is 15.1. The van der Waals surface area contributed by atoms with Gasteiger partial charge in [0.05, 0.1) is 0 Å². The van der Waals surface area contributed by atoms with Gasteiger partial charge in [0.15, 0.2) is 0 Å². The van der Waals surface area contributed by atoms with Gasteiger partial charge in [-0.25, -0.2) is 0 Å². The van der Waals surface area contributed by atoms with Crippen molar-refractivity contribution in [3.63, 3.8) is 0 Å². The van der Waals surface area contributed by atoms with Gasteiger partial charge in [-0.1, -0.05) is 76.5 Å². The van der Waals surface area contributed by atoms with E-state index in [1.54, 1.807) is 0 Å². The molecule has 0 saturated heterocycles. The van der Waals surface area contributed by atoms with Crippen molar-refractivity contribution in [1.82, 2.24) is 4.98 Å². The third-order valence-corrected chi connectivity index (χ3v) is 5.21. The number of aryl methyl sites for hydroxylation is 1. The first-order valence-corrected chi connectivity index (χ1v) is 11.0. The predicted octanol–water partition coefficient (Wildman–Crippen LogP) is 6.40. The van der Waals surface area contributed by atoms with Crippen molar-refractivity contribution in [2.45, 2.75) is 84.0 Å². The quantitative estimate of drug-likeness (QED) is 0.368. The van der Waals surface area contributed by atoms with Crippen LogP contribution in [0.15, 0.2) is 35.1 Å². The number of benzene rings is 1. The van der Waals surface area contributed by atoms with E-state index in [2.05, 4.69) is 24.0 Å². The van der Waals surface area contributed by atoms with Crippen LogP contribution in [0.2, 0.25) is 0 Å². The molecule has 1 aromatic heterocycles. The first kappa shape index (κ1) is 21.7. The fourth-order valence-electron chi connectivity index (χ4n) is 3.51. The van der Waals surface area contributed by atoms with E-state index in [4.69, 9.17) is 4.74 Å². The second kappa shape index (κ2) is 13.5. The van der Waals surface area contributed by atoms with E-state index in [0.29, 0.717) is 0 Å². The van der Waals surface area contributed by atoms with Crippen LogP contribution in [-0.2, 0) is 11.2 Å². The highest BCUT2D eigenvalue weighted by atomic mass is 16.5. The molecule has 0 radical (unpaired) electrons. The fraction of sp³-hybridized carbons (Fsp3) is 0.625. The maximum Gasteiger partial charge on any atom is 0.251 e. The Labute approximate surface area is 164 Å². The zero-order valence-electron chi connectivity index (χ0n) is 17.1. The minimum atomic E-state index is 0.0746. The lowest BCUT2D eigenvalue weighted by molar-refractivity contribution is 0.126. The zero-order chi connectivity index (χ0) is 19.2. The van der Waals surface area contributed by atoms with Gasteiger partial charge in [-0.3, -0.25) is 4.79 Å². The SMILES string of the molecule is CCCCCOCCCCCCCCCCc1cc2ccccc2[nH]c1=O. The summed E-state index contributed by atoms with van der Waals surface area (Å²) in [5.74, 6) is 0. The van der Waals surface area contributed by atoms with Crippen LogP contribution in [0.1, 0.15) is 83.1 Å². The highest BCUT2D eigenvalue weighted by Gasteiger charge is 2.02. The van der Waals surface area contributed by atoms with Crippen molar-refractivity contribution in [2.24, 2.45) is 0 Å². The van der Waals surface area contributed by atoms with Gasteiger partial charge in [-0.2, -0.15) is 0 Å². The largest absolute Gasteiger partial charge is 0.381 e. The smallest absolute Gasteiger partial charge is 0.251 e. The number of aromatic amines is 1. The van der Waals surface area contributed by atoms with Gasteiger partial charge in [-0.15, -0.1) is 0 Å². The van der Waals surface area contributed by atoms with Crippen molar-refractivity contribution >= 4 is 10.9 Å². The monoisotopic (exact) mass is 371 g/mol. The number of ether oxygens (including phenoxy) is 1. The van der Waals surface area contributed by atoms with Crippen LogP contribution in [0.4, 0.5) is 0 Å². The maximum atomic E-state index is 12.1. The summed E-state index contributed by atoms with van der Waals surface area (Å²) in [7, 11) is 0. The molecule has 0 aliphatic heterocycles. The molecule has 150 valence electrons. The molecule has 0 unspecified atom stereocenters. The third-order valence-electron chi connectivity index (χ3n) is 5.21. The molecule has 0 aliphatic rings. The molecule has 3 nitrogen and oxygen atoms in total. The highest BCUT2D eigenvalue weighted by molar-refractivity contribution is 5.78. The molecular weight excluding hydrogens is 334 g/mol. The predicted molar refractivity (Wildman–Crippen MR) is 116 cm³/mol. The Morgan fingerprint density at radius 3 is 2.19 bits per heavy atom. The van der Waals surface area contributed by atoms with Crippen LogP contribution in [0.5, 0.6) is 0 Å². The highest BCUT2D eigenvalue weighted by Crippen LogP contribution is 2.13. The molecule has 2 rings (SSSR count). The Kier molecular flexibility index (Phi) is 10.9. The molecule has 0 saturated carbocycles. The molecule has 0 fully saturated rings. The van der Waals surface area contributed by atoms with Gasteiger partial charge in [0.2, 0.25) is 0 Å². The molecule has 0 amide bonds. The van der Waals surface area contributed by atoms with Gasteiger partial charge < -0.3 is 9.72 Å². The van der Waals surface area contributed by atoms with Crippen LogP contribution in [0.3, 0.4) is 0 Å². The Morgan fingerprint density at radius 2 is 1.44 bits per heavy atom. The van der Waals surface area contributed by atoms with E-state index in [1.165, 1.54) is 64.2 Å². The summed E-state index contributed by atoms with van der Waals surface area (Å²) in [5.41, 5.74) is 1.93. The molecule has 2 aromatic rings. The molecule has 0 atom stereocenters. The van der Waals surface area contributed by atoms with Crippen molar-refractivity contribution in [2.75, 3.05) is 13.2 Å². The van der Waals surface area contributed by atoms with Crippen LogP contribution in [0.25, 0.3) is 10.9 Å². The maximum absolute atomic E-state index is 12.1. The van der Waals surface area contributed by atoms with E-state index in [-0.39, 0.29) is 5.56 Å². The molecule has 1 N–H and O–H groups in total. The first-order valence-electron chi connectivity index (χ1n) is 11.0. The summed E-state index contributed by atoms with van der Waals surface area (Å²) in [6.07, 6.45) is 14.7. The Morgan fingerprint density at radius 1 is 0.815 bits per heavy atom. The van der Waals surface area contributed by atoms with Gasteiger partial charge in [0.25, 0.3) is 5.56 Å². The number of aromatic nitrogens is 1. The standard InChI is InChI=1S/C24H37NO2/c1-2-3-13-18-27-19-14-9-7-5-4-6-8-10-16-22-20-21-15-11-12-17-23(21)25-24(22)26/h11-12,15,17,20H,2-10,13-14,16,18-19H2,1H3,(H,25,26). The Hall–Kier alpha value is -1.61. The number of H-pyrrole nitrogens is 1. The normalized spacial score (nSPS) is 11.3. The summed E-state index contributed by atoms with van der Waals surface area (Å²) in [6.45, 7) is 4.10. The number of fused-ring (bicyclic) bond motifs is 1. The van der Waals surface area contributed by atoms with Crippen molar-refractivity contribution in [3.8, 4) is 0 Å². The van der Waals surface area contributed by atoms with Crippen LogP contribution in [0, 0.1) is 0 Å². The minimum absolute atomic E-state index is 0.0746. The second-order valence-corrected chi connectivity index (χ2v) is 7.61. The lowest BCUT2D eigenvalue weighted by Gasteiger charge is -2.05. The zero-order valence-corrected chi connectivity index (χ0v) is 17.1.